The Labute approximate surface area is 57.0 Å². The zero-order valence-electron chi connectivity index (χ0n) is 4.81. The summed E-state index contributed by atoms with van der Waals surface area (Å²) in [4.78, 5) is 0. The number of alkyl halides is 2. The molecule has 0 amide bonds. The third-order valence-corrected chi connectivity index (χ3v) is 1.50. The van der Waals surface area contributed by atoms with E-state index in [0.29, 0.717) is 11.5 Å². The second-order valence-electron chi connectivity index (χ2n) is 1.39. The number of halogens is 2. The summed E-state index contributed by atoms with van der Waals surface area (Å²) in [5.41, 5.74) is 0. The summed E-state index contributed by atoms with van der Waals surface area (Å²) in [5.74, 6) is 0.692. The molecule has 0 atom stereocenters. The normalized spacial score (nSPS) is 9.56. The van der Waals surface area contributed by atoms with Crippen LogP contribution in [0, 0.1) is 11.3 Å². The predicted octanol–water partition coefficient (Wildman–Crippen LogP) is 1.90. The van der Waals surface area contributed by atoms with Crippen molar-refractivity contribution >= 4 is 11.8 Å². The lowest BCUT2D eigenvalue weighted by atomic mass is 10.5. The molecule has 0 saturated carbocycles. The molecule has 52 valence electrons. The van der Waals surface area contributed by atoms with Gasteiger partial charge in [0.15, 0.2) is 0 Å². The zero-order valence-corrected chi connectivity index (χ0v) is 5.63. The Morgan fingerprint density at radius 2 is 2.22 bits per heavy atom. The highest BCUT2D eigenvalue weighted by atomic mass is 32.2. The van der Waals surface area contributed by atoms with Gasteiger partial charge in [0, 0.05) is 6.42 Å². The zero-order chi connectivity index (χ0) is 7.11. The van der Waals surface area contributed by atoms with E-state index < -0.39 is 6.43 Å². The van der Waals surface area contributed by atoms with Crippen LogP contribution in [-0.2, 0) is 0 Å². The van der Waals surface area contributed by atoms with Crippen molar-refractivity contribution in [2.45, 2.75) is 12.8 Å². The fourth-order valence-electron chi connectivity index (χ4n) is 0.290. The van der Waals surface area contributed by atoms with Gasteiger partial charge in [-0.25, -0.2) is 8.78 Å². The van der Waals surface area contributed by atoms with Crippen LogP contribution in [-0.4, -0.2) is 17.9 Å². The summed E-state index contributed by atoms with van der Waals surface area (Å²) in [5, 5.41) is 7.97. The van der Waals surface area contributed by atoms with Gasteiger partial charge in [-0.15, -0.1) is 11.8 Å². The van der Waals surface area contributed by atoms with Crippen LogP contribution >= 0.6 is 11.8 Å². The fourth-order valence-corrected chi connectivity index (χ4v) is 0.871. The number of hydrogen-bond donors (Lipinski definition) is 0. The van der Waals surface area contributed by atoms with Gasteiger partial charge < -0.3 is 0 Å². The average molecular weight is 151 g/mol. The topological polar surface area (TPSA) is 23.8 Å². The first-order valence-electron chi connectivity index (χ1n) is 2.50. The summed E-state index contributed by atoms with van der Waals surface area (Å²) in [6.07, 6.45) is -2.33. The van der Waals surface area contributed by atoms with Crippen molar-refractivity contribution in [1.82, 2.24) is 0 Å². The minimum Gasteiger partial charge on any atom is -0.211 e. The van der Waals surface area contributed by atoms with Crippen LogP contribution in [0.3, 0.4) is 0 Å². The number of rotatable bonds is 4. The number of nitriles is 1. The van der Waals surface area contributed by atoms with Gasteiger partial charge in [0.2, 0.25) is 6.43 Å². The lowest BCUT2D eigenvalue weighted by molar-refractivity contribution is 0.145. The van der Waals surface area contributed by atoms with Crippen LogP contribution in [0.1, 0.15) is 6.42 Å². The molecule has 0 aliphatic carbocycles. The van der Waals surface area contributed by atoms with E-state index >= 15 is 0 Å². The fraction of sp³-hybridized carbons (Fsp3) is 0.800. The van der Waals surface area contributed by atoms with Crippen molar-refractivity contribution < 1.29 is 8.78 Å². The quantitative estimate of drug-likeness (QED) is 0.573. The first-order valence-corrected chi connectivity index (χ1v) is 3.65. The summed E-state index contributed by atoms with van der Waals surface area (Å²) in [6.45, 7) is 0. The summed E-state index contributed by atoms with van der Waals surface area (Å²) >= 11 is 1.24. The van der Waals surface area contributed by atoms with E-state index in [2.05, 4.69) is 0 Å². The number of thioether (sulfide) groups is 1. The van der Waals surface area contributed by atoms with Crippen LogP contribution in [0.15, 0.2) is 0 Å². The first-order chi connectivity index (χ1) is 4.27. The van der Waals surface area contributed by atoms with Crippen LogP contribution in [0.2, 0.25) is 0 Å². The van der Waals surface area contributed by atoms with Gasteiger partial charge in [-0.2, -0.15) is 5.26 Å². The van der Waals surface area contributed by atoms with E-state index in [4.69, 9.17) is 5.26 Å². The van der Waals surface area contributed by atoms with E-state index in [-0.39, 0.29) is 6.42 Å². The molecule has 0 unspecified atom stereocenters. The molecule has 0 aliphatic rings. The summed E-state index contributed by atoms with van der Waals surface area (Å²) in [6, 6.07) is 1.86. The van der Waals surface area contributed by atoms with Gasteiger partial charge in [0.1, 0.15) is 0 Å². The molecule has 0 radical (unpaired) electrons. The standard InChI is InChI=1S/C5H7F2NS/c6-5(7)1-3-9-4-2-8/h5H,1,3-4H2. The lowest BCUT2D eigenvalue weighted by Gasteiger charge is -1.93. The first kappa shape index (κ1) is 8.70. The van der Waals surface area contributed by atoms with Crippen LogP contribution < -0.4 is 0 Å². The highest BCUT2D eigenvalue weighted by Gasteiger charge is 1.99. The van der Waals surface area contributed by atoms with Crippen molar-refractivity contribution in [3.63, 3.8) is 0 Å². The SMILES string of the molecule is N#CCSCCC(F)F. The molecule has 0 aromatic heterocycles. The predicted molar refractivity (Wildman–Crippen MR) is 33.6 cm³/mol. The van der Waals surface area contributed by atoms with Crippen molar-refractivity contribution in [1.29, 1.82) is 5.26 Å². The molecule has 0 bridgehead atoms. The Morgan fingerprint density at radius 3 is 2.67 bits per heavy atom. The molecular weight excluding hydrogens is 144 g/mol. The molecule has 0 saturated heterocycles. The Hall–Kier alpha value is -0.300. The summed E-state index contributed by atoms with van der Waals surface area (Å²) in [7, 11) is 0. The van der Waals surface area contributed by atoms with E-state index in [0.717, 1.165) is 0 Å². The largest absolute Gasteiger partial charge is 0.239 e. The Kier molecular flexibility index (Phi) is 5.64. The van der Waals surface area contributed by atoms with Crippen molar-refractivity contribution in [2.24, 2.45) is 0 Å². The second-order valence-corrected chi connectivity index (χ2v) is 2.50. The Bertz CT molecular complexity index is 99.6. The monoisotopic (exact) mass is 151 g/mol. The Balaban J connectivity index is 2.85. The molecule has 9 heavy (non-hydrogen) atoms. The van der Waals surface area contributed by atoms with Crippen molar-refractivity contribution in [2.75, 3.05) is 11.5 Å². The molecule has 4 heteroatoms. The van der Waals surface area contributed by atoms with E-state index in [9.17, 15) is 8.78 Å². The highest BCUT2D eigenvalue weighted by molar-refractivity contribution is 7.99. The lowest BCUT2D eigenvalue weighted by Crippen LogP contribution is -1.92. The molecule has 0 fully saturated rings. The van der Waals surface area contributed by atoms with Crippen LogP contribution in [0.25, 0.3) is 0 Å². The van der Waals surface area contributed by atoms with E-state index in [1.807, 2.05) is 6.07 Å². The van der Waals surface area contributed by atoms with E-state index in [1.165, 1.54) is 11.8 Å². The third-order valence-electron chi connectivity index (χ3n) is 0.647. The van der Waals surface area contributed by atoms with Gasteiger partial charge in [-0.1, -0.05) is 0 Å². The van der Waals surface area contributed by atoms with Gasteiger partial charge in [-0.3, -0.25) is 0 Å². The van der Waals surface area contributed by atoms with Crippen LogP contribution in [0.5, 0.6) is 0 Å². The minimum absolute atomic E-state index is 0.105. The molecule has 0 aromatic carbocycles. The molecule has 0 aliphatic heterocycles. The van der Waals surface area contributed by atoms with Gasteiger partial charge in [0.05, 0.1) is 11.8 Å². The maximum absolute atomic E-state index is 11.4. The molecule has 1 nitrogen and oxygen atoms in total. The summed E-state index contributed by atoms with van der Waals surface area (Å²) < 4.78 is 22.7. The number of hydrogen-bond acceptors (Lipinski definition) is 2. The van der Waals surface area contributed by atoms with Gasteiger partial charge in [0.25, 0.3) is 0 Å². The molecule has 0 aromatic rings. The molecular formula is C5H7F2NS. The van der Waals surface area contributed by atoms with Gasteiger partial charge >= 0.3 is 0 Å². The Morgan fingerprint density at radius 1 is 1.56 bits per heavy atom. The number of nitrogens with zero attached hydrogens (tertiary/aromatic N) is 1. The average Bonchev–Trinajstić information content (AvgIpc) is 1.80. The van der Waals surface area contributed by atoms with Crippen molar-refractivity contribution in [3.05, 3.63) is 0 Å². The molecule has 0 spiro atoms. The van der Waals surface area contributed by atoms with Crippen molar-refractivity contribution in [3.8, 4) is 6.07 Å². The second kappa shape index (κ2) is 5.83. The van der Waals surface area contributed by atoms with E-state index in [1.54, 1.807) is 0 Å². The maximum Gasteiger partial charge on any atom is 0.239 e. The van der Waals surface area contributed by atoms with Crippen LogP contribution in [0.4, 0.5) is 8.78 Å². The van der Waals surface area contributed by atoms with Gasteiger partial charge in [-0.05, 0) is 5.75 Å². The molecule has 0 N–H and O–H groups in total. The third kappa shape index (κ3) is 7.70. The molecule has 0 rings (SSSR count). The smallest absolute Gasteiger partial charge is 0.211 e. The maximum atomic E-state index is 11.4. The minimum atomic E-state index is -2.23. The highest BCUT2D eigenvalue weighted by Crippen LogP contribution is 2.06. The molecule has 0 heterocycles.